The lowest BCUT2D eigenvalue weighted by molar-refractivity contribution is -0.394. The molecule has 3 aromatic rings. The van der Waals surface area contributed by atoms with Gasteiger partial charge in [0, 0.05) is 10.5 Å². The Balaban J connectivity index is 1.64. The smallest absolute Gasteiger partial charge is 0.318 e. The van der Waals surface area contributed by atoms with Crippen molar-refractivity contribution in [3.8, 4) is 17.2 Å². The number of hydrogen-bond acceptors (Lipinski definition) is 9. The number of nitro groups is 2. The van der Waals surface area contributed by atoms with Gasteiger partial charge in [-0.2, -0.15) is 0 Å². The van der Waals surface area contributed by atoms with E-state index in [1.807, 2.05) is 12.1 Å². The van der Waals surface area contributed by atoms with Crippen molar-refractivity contribution in [3.63, 3.8) is 0 Å². The van der Waals surface area contributed by atoms with Crippen LogP contribution in [-0.4, -0.2) is 26.7 Å². The van der Waals surface area contributed by atoms with Crippen LogP contribution in [0.5, 0.6) is 17.2 Å². The van der Waals surface area contributed by atoms with Crippen LogP contribution in [0.3, 0.4) is 0 Å². The van der Waals surface area contributed by atoms with Crippen molar-refractivity contribution in [1.82, 2.24) is 0 Å². The van der Waals surface area contributed by atoms with Crippen LogP contribution in [0, 0.1) is 20.2 Å². The monoisotopic (exact) mass is 601 g/mol. The SMILES string of the molecule is CCOc1cc(/C=C2/SC(=S)N(c3cccc(Br)c3)C2=O)ccc1Oc1ccc([N+](=O)[O-])cc1[N+](=O)[O-]. The molecule has 4 rings (SSSR count). The van der Waals surface area contributed by atoms with Crippen LogP contribution >= 0.6 is 39.9 Å². The number of carbonyl (C=O) groups is 1. The molecule has 1 saturated heterocycles. The summed E-state index contributed by atoms with van der Waals surface area (Å²) in [4.78, 5) is 35.9. The number of carbonyl (C=O) groups excluding carboxylic acids is 1. The van der Waals surface area contributed by atoms with Crippen molar-refractivity contribution >= 4 is 73.3 Å². The Morgan fingerprint density at radius 1 is 1.03 bits per heavy atom. The fourth-order valence-corrected chi connectivity index (χ4v) is 5.08. The molecule has 1 amide bonds. The molecule has 1 heterocycles. The molecule has 3 aromatic carbocycles. The van der Waals surface area contributed by atoms with Gasteiger partial charge in [-0.1, -0.05) is 52.0 Å². The van der Waals surface area contributed by atoms with Crippen LogP contribution in [-0.2, 0) is 4.79 Å². The molecule has 188 valence electrons. The molecule has 10 nitrogen and oxygen atoms in total. The number of nitro benzene ring substituents is 2. The number of ether oxygens (including phenoxy) is 2. The van der Waals surface area contributed by atoms with Crippen molar-refractivity contribution in [3.05, 3.63) is 95.8 Å². The van der Waals surface area contributed by atoms with Crippen LogP contribution in [0.15, 0.2) is 70.0 Å². The van der Waals surface area contributed by atoms with Crippen molar-refractivity contribution in [1.29, 1.82) is 0 Å². The Labute approximate surface area is 228 Å². The zero-order valence-electron chi connectivity index (χ0n) is 19.0. The third-order valence-electron chi connectivity index (χ3n) is 5.00. The van der Waals surface area contributed by atoms with E-state index in [4.69, 9.17) is 21.7 Å². The van der Waals surface area contributed by atoms with Gasteiger partial charge < -0.3 is 9.47 Å². The van der Waals surface area contributed by atoms with Crippen LogP contribution in [0.2, 0.25) is 0 Å². The predicted octanol–water partition coefficient (Wildman–Crippen LogP) is 6.86. The maximum Gasteiger partial charge on any atom is 0.318 e. The zero-order valence-corrected chi connectivity index (χ0v) is 22.2. The van der Waals surface area contributed by atoms with Gasteiger partial charge in [-0.25, -0.2) is 0 Å². The van der Waals surface area contributed by atoms with Crippen LogP contribution < -0.4 is 14.4 Å². The number of nitrogens with zero attached hydrogens (tertiary/aromatic N) is 3. The molecule has 0 aliphatic carbocycles. The van der Waals surface area contributed by atoms with E-state index in [0.717, 1.165) is 34.4 Å². The fourth-order valence-electron chi connectivity index (χ4n) is 3.39. The number of amides is 1. The Kier molecular flexibility index (Phi) is 7.86. The second-order valence-corrected chi connectivity index (χ2v) is 10.00. The molecule has 0 unspecified atom stereocenters. The molecule has 13 heteroatoms. The van der Waals surface area contributed by atoms with E-state index in [1.165, 1.54) is 11.0 Å². The number of thiocarbonyl (C=S) groups is 1. The first-order chi connectivity index (χ1) is 17.7. The highest BCUT2D eigenvalue weighted by Crippen LogP contribution is 2.40. The number of halogens is 1. The summed E-state index contributed by atoms with van der Waals surface area (Å²) >= 11 is 9.99. The molecule has 0 N–H and O–H groups in total. The number of hydrogen-bond donors (Lipinski definition) is 0. The topological polar surface area (TPSA) is 125 Å². The molecular formula is C24H16BrN3O7S2. The van der Waals surface area contributed by atoms with Gasteiger partial charge in [0.2, 0.25) is 5.75 Å². The van der Waals surface area contributed by atoms with Crippen molar-refractivity contribution in [2.45, 2.75) is 6.92 Å². The van der Waals surface area contributed by atoms with Gasteiger partial charge in [0.05, 0.1) is 33.1 Å². The summed E-state index contributed by atoms with van der Waals surface area (Å²) in [5, 5.41) is 22.5. The normalized spacial score (nSPS) is 14.2. The Morgan fingerprint density at radius 3 is 2.46 bits per heavy atom. The molecule has 0 saturated carbocycles. The highest BCUT2D eigenvalue weighted by atomic mass is 79.9. The lowest BCUT2D eigenvalue weighted by Crippen LogP contribution is -2.27. The molecule has 1 fully saturated rings. The van der Waals surface area contributed by atoms with E-state index in [9.17, 15) is 25.0 Å². The average molecular weight is 602 g/mol. The molecule has 0 aromatic heterocycles. The lowest BCUT2D eigenvalue weighted by atomic mass is 10.1. The van der Waals surface area contributed by atoms with Crippen LogP contribution in [0.25, 0.3) is 6.08 Å². The highest BCUT2D eigenvalue weighted by Gasteiger charge is 2.33. The minimum atomic E-state index is -0.760. The number of rotatable bonds is 8. The minimum absolute atomic E-state index is 0.164. The second-order valence-electron chi connectivity index (χ2n) is 7.40. The first kappa shape index (κ1) is 26.3. The van der Waals surface area contributed by atoms with Gasteiger partial charge in [0.25, 0.3) is 11.6 Å². The predicted molar refractivity (Wildman–Crippen MR) is 147 cm³/mol. The summed E-state index contributed by atoms with van der Waals surface area (Å²) in [5.74, 6) is -0.0175. The van der Waals surface area contributed by atoms with Gasteiger partial charge in [-0.15, -0.1) is 0 Å². The number of thioether (sulfide) groups is 1. The Bertz CT molecular complexity index is 1480. The van der Waals surface area contributed by atoms with E-state index in [1.54, 1.807) is 37.3 Å². The number of anilines is 1. The molecule has 1 aliphatic heterocycles. The first-order valence-corrected chi connectivity index (χ1v) is 12.6. The average Bonchev–Trinajstić information content (AvgIpc) is 3.13. The molecule has 1 aliphatic rings. The molecule has 0 radical (unpaired) electrons. The van der Waals surface area contributed by atoms with Gasteiger partial charge in [0.15, 0.2) is 15.8 Å². The van der Waals surface area contributed by atoms with Crippen molar-refractivity contribution < 1.29 is 24.1 Å². The molecule has 37 heavy (non-hydrogen) atoms. The summed E-state index contributed by atoms with van der Waals surface area (Å²) in [6.45, 7) is 2.03. The van der Waals surface area contributed by atoms with Gasteiger partial charge in [-0.05, 0) is 55.0 Å². The first-order valence-electron chi connectivity index (χ1n) is 10.6. The summed E-state index contributed by atoms with van der Waals surface area (Å²) in [5.41, 5.74) is 0.268. The van der Waals surface area contributed by atoms with E-state index in [2.05, 4.69) is 15.9 Å². The number of non-ortho nitro benzene ring substituents is 1. The maximum atomic E-state index is 13.1. The number of benzene rings is 3. The van der Waals surface area contributed by atoms with E-state index >= 15 is 0 Å². The third-order valence-corrected chi connectivity index (χ3v) is 6.79. The summed E-state index contributed by atoms with van der Waals surface area (Å²) in [6.07, 6.45) is 1.66. The summed E-state index contributed by atoms with van der Waals surface area (Å²) in [7, 11) is 0. The van der Waals surface area contributed by atoms with Crippen LogP contribution in [0.4, 0.5) is 17.1 Å². The van der Waals surface area contributed by atoms with Gasteiger partial charge in [-0.3, -0.25) is 29.9 Å². The van der Waals surface area contributed by atoms with E-state index in [-0.39, 0.29) is 29.8 Å². The van der Waals surface area contributed by atoms with Gasteiger partial charge >= 0.3 is 5.69 Å². The lowest BCUT2D eigenvalue weighted by Gasteiger charge is -2.14. The largest absolute Gasteiger partial charge is 0.490 e. The standard InChI is InChI=1S/C24H16BrN3O7S2/c1-2-34-21-10-14(11-22-23(29)26(24(36)37-22)16-5-3-4-15(25)12-16)6-8-20(21)35-19-9-7-17(27(30)31)13-18(19)28(32)33/h3-13H,2H2,1H3/b22-11+. The quantitative estimate of drug-likeness (QED) is 0.118. The minimum Gasteiger partial charge on any atom is -0.490 e. The molecule has 0 bridgehead atoms. The third kappa shape index (κ3) is 5.79. The molecular weight excluding hydrogens is 586 g/mol. The zero-order chi connectivity index (χ0) is 26.7. The summed E-state index contributed by atoms with van der Waals surface area (Å²) in [6, 6.07) is 15.2. The van der Waals surface area contributed by atoms with E-state index in [0.29, 0.717) is 20.5 Å². The van der Waals surface area contributed by atoms with Gasteiger partial charge in [0.1, 0.15) is 0 Å². The van der Waals surface area contributed by atoms with Crippen molar-refractivity contribution in [2.75, 3.05) is 11.5 Å². The molecule has 0 atom stereocenters. The van der Waals surface area contributed by atoms with Crippen molar-refractivity contribution in [2.24, 2.45) is 0 Å². The second kappa shape index (κ2) is 11.1. The maximum absolute atomic E-state index is 13.1. The summed E-state index contributed by atoms with van der Waals surface area (Å²) < 4.78 is 12.6. The fraction of sp³-hybridized carbons (Fsp3) is 0.0833. The molecule has 0 spiro atoms. The Hall–Kier alpha value is -3.81. The van der Waals surface area contributed by atoms with E-state index < -0.39 is 21.2 Å². The van der Waals surface area contributed by atoms with Crippen LogP contribution in [0.1, 0.15) is 12.5 Å². The Morgan fingerprint density at radius 2 is 1.78 bits per heavy atom. The highest BCUT2D eigenvalue weighted by molar-refractivity contribution is 9.10.